The second kappa shape index (κ2) is 9.01. The lowest BCUT2D eigenvalue weighted by atomic mass is 10.3. The first-order valence-corrected chi connectivity index (χ1v) is 10.6. The Balaban J connectivity index is 1.41. The highest BCUT2D eigenvalue weighted by molar-refractivity contribution is 7.99. The van der Waals surface area contributed by atoms with Crippen LogP contribution in [0.15, 0.2) is 47.6 Å². The number of ether oxygens (including phenoxy) is 1. The molecule has 1 aliphatic rings. The first kappa shape index (κ1) is 20.6. The number of nitrogens with zero attached hydrogens (tertiary/aromatic N) is 3. The van der Waals surface area contributed by atoms with Gasteiger partial charge >= 0.3 is 0 Å². The summed E-state index contributed by atoms with van der Waals surface area (Å²) in [6.07, 6.45) is 1.97. The Morgan fingerprint density at radius 3 is 2.60 bits per heavy atom. The first-order valence-electron chi connectivity index (χ1n) is 9.20. The summed E-state index contributed by atoms with van der Waals surface area (Å²) in [7, 11) is 0. The average Bonchev–Trinajstić information content (AvgIpc) is 3.49. The highest BCUT2D eigenvalue weighted by atomic mass is 35.5. The van der Waals surface area contributed by atoms with Crippen LogP contribution in [0, 0.1) is 11.6 Å². The average molecular weight is 451 g/mol. The summed E-state index contributed by atoms with van der Waals surface area (Å²) in [5, 5.41) is 11.7. The van der Waals surface area contributed by atoms with Gasteiger partial charge in [0.1, 0.15) is 29.7 Å². The van der Waals surface area contributed by atoms with Gasteiger partial charge in [0.2, 0.25) is 5.91 Å². The van der Waals surface area contributed by atoms with Crippen molar-refractivity contribution in [3.8, 4) is 5.75 Å². The molecule has 0 spiro atoms. The van der Waals surface area contributed by atoms with E-state index in [1.807, 2.05) is 16.7 Å². The molecule has 1 aromatic heterocycles. The van der Waals surface area contributed by atoms with Crippen LogP contribution in [0.2, 0.25) is 5.02 Å². The number of benzene rings is 2. The van der Waals surface area contributed by atoms with Gasteiger partial charge in [-0.15, -0.1) is 10.2 Å². The molecule has 1 saturated carbocycles. The van der Waals surface area contributed by atoms with E-state index in [0.717, 1.165) is 36.7 Å². The molecule has 6 nitrogen and oxygen atoms in total. The maximum Gasteiger partial charge on any atom is 0.235 e. The van der Waals surface area contributed by atoms with Crippen molar-refractivity contribution in [3.05, 3.63) is 64.9 Å². The summed E-state index contributed by atoms with van der Waals surface area (Å²) < 4.78 is 35.1. The third-order valence-electron chi connectivity index (χ3n) is 4.40. The van der Waals surface area contributed by atoms with E-state index in [-0.39, 0.29) is 18.4 Å². The lowest BCUT2D eigenvalue weighted by molar-refractivity contribution is -0.113. The molecular weight excluding hydrogens is 434 g/mol. The number of hydrogen-bond acceptors (Lipinski definition) is 5. The minimum absolute atomic E-state index is 0.0655. The van der Waals surface area contributed by atoms with Gasteiger partial charge < -0.3 is 10.1 Å². The Bertz CT molecular complexity index is 1050. The molecular formula is C20H17ClF2N4O2S. The molecule has 0 unspecified atom stereocenters. The maximum atomic E-state index is 13.7. The zero-order valence-electron chi connectivity index (χ0n) is 15.6. The predicted octanol–water partition coefficient (Wildman–Crippen LogP) is 4.85. The number of thioether (sulfide) groups is 1. The topological polar surface area (TPSA) is 69.0 Å². The SMILES string of the molecule is O=C(CSc1nnc(COc2ccccc2Cl)n1C1CC1)Nc1c(F)cccc1F. The zero-order chi connectivity index (χ0) is 21.1. The van der Waals surface area contributed by atoms with E-state index in [1.165, 1.54) is 6.07 Å². The van der Waals surface area contributed by atoms with Gasteiger partial charge in [-0.3, -0.25) is 9.36 Å². The number of carbonyl (C=O) groups is 1. The molecule has 0 aliphatic heterocycles. The van der Waals surface area contributed by atoms with Crippen molar-refractivity contribution < 1.29 is 18.3 Å². The van der Waals surface area contributed by atoms with Crippen LogP contribution in [-0.4, -0.2) is 26.4 Å². The molecule has 10 heteroatoms. The number of nitrogens with one attached hydrogen (secondary N) is 1. The standard InChI is InChI=1S/C20H17ClF2N4O2S/c21-13-4-1-2-7-16(13)29-10-17-25-26-20(27(17)12-8-9-12)30-11-18(28)24-19-14(22)5-3-6-15(19)23/h1-7,12H,8-11H2,(H,24,28). The number of para-hydroxylation sites is 2. The van der Waals surface area contributed by atoms with Crippen molar-refractivity contribution in [3.63, 3.8) is 0 Å². The van der Waals surface area contributed by atoms with Crippen LogP contribution in [0.1, 0.15) is 24.7 Å². The number of rotatable bonds is 8. The fraction of sp³-hybridized carbons (Fsp3) is 0.250. The number of aromatic nitrogens is 3. The lowest BCUT2D eigenvalue weighted by Crippen LogP contribution is -2.17. The van der Waals surface area contributed by atoms with Crippen molar-refractivity contribution in [2.75, 3.05) is 11.1 Å². The molecule has 3 aromatic rings. The molecule has 1 amide bonds. The zero-order valence-corrected chi connectivity index (χ0v) is 17.2. The molecule has 30 heavy (non-hydrogen) atoms. The summed E-state index contributed by atoms with van der Waals surface area (Å²) in [6, 6.07) is 10.8. The third kappa shape index (κ3) is 4.73. The van der Waals surface area contributed by atoms with E-state index in [9.17, 15) is 13.6 Å². The second-order valence-electron chi connectivity index (χ2n) is 6.65. The molecule has 1 fully saturated rings. The van der Waals surface area contributed by atoms with E-state index in [0.29, 0.717) is 21.8 Å². The van der Waals surface area contributed by atoms with Crippen LogP contribution in [-0.2, 0) is 11.4 Å². The van der Waals surface area contributed by atoms with E-state index in [4.69, 9.17) is 16.3 Å². The summed E-state index contributed by atoms with van der Waals surface area (Å²) in [4.78, 5) is 12.2. The molecule has 0 atom stereocenters. The summed E-state index contributed by atoms with van der Waals surface area (Å²) in [5.74, 6) is -1.08. The van der Waals surface area contributed by atoms with E-state index < -0.39 is 23.2 Å². The van der Waals surface area contributed by atoms with Gasteiger partial charge in [0.05, 0.1) is 10.8 Å². The van der Waals surface area contributed by atoms with Crippen LogP contribution in [0.25, 0.3) is 0 Å². The predicted molar refractivity (Wildman–Crippen MR) is 110 cm³/mol. The van der Waals surface area contributed by atoms with Crippen LogP contribution in [0.4, 0.5) is 14.5 Å². The number of amides is 1. The largest absolute Gasteiger partial charge is 0.484 e. The highest BCUT2D eigenvalue weighted by Crippen LogP contribution is 2.39. The van der Waals surface area contributed by atoms with Crippen molar-refractivity contribution in [2.24, 2.45) is 0 Å². The molecule has 0 saturated heterocycles. The number of carbonyl (C=O) groups excluding carboxylic acids is 1. The Labute approximate surface area is 180 Å². The van der Waals surface area contributed by atoms with Gasteiger partial charge in [0.15, 0.2) is 11.0 Å². The Morgan fingerprint density at radius 1 is 1.17 bits per heavy atom. The van der Waals surface area contributed by atoms with Crippen molar-refractivity contribution in [1.29, 1.82) is 0 Å². The molecule has 1 aliphatic carbocycles. The van der Waals surface area contributed by atoms with E-state index >= 15 is 0 Å². The van der Waals surface area contributed by atoms with E-state index in [1.54, 1.807) is 12.1 Å². The van der Waals surface area contributed by atoms with Gasteiger partial charge in [-0.1, -0.05) is 41.6 Å². The molecule has 1 N–H and O–H groups in total. The van der Waals surface area contributed by atoms with Crippen LogP contribution < -0.4 is 10.1 Å². The molecule has 4 rings (SSSR count). The number of halogens is 3. The Hall–Kier alpha value is -2.65. The Kier molecular flexibility index (Phi) is 6.19. The summed E-state index contributed by atoms with van der Waals surface area (Å²) in [6.45, 7) is 0.181. The van der Waals surface area contributed by atoms with Crippen molar-refractivity contribution in [1.82, 2.24) is 14.8 Å². The van der Waals surface area contributed by atoms with Gasteiger partial charge in [-0.2, -0.15) is 0 Å². The van der Waals surface area contributed by atoms with Crippen LogP contribution in [0.5, 0.6) is 5.75 Å². The van der Waals surface area contributed by atoms with Crippen molar-refractivity contribution in [2.45, 2.75) is 30.6 Å². The van der Waals surface area contributed by atoms with Crippen molar-refractivity contribution >= 4 is 35.0 Å². The fourth-order valence-electron chi connectivity index (χ4n) is 2.83. The lowest BCUT2D eigenvalue weighted by Gasteiger charge is -2.11. The molecule has 1 heterocycles. The first-order chi connectivity index (χ1) is 14.5. The maximum absolute atomic E-state index is 13.7. The quantitative estimate of drug-likeness (QED) is 0.496. The fourth-order valence-corrected chi connectivity index (χ4v) is 3.85. The van der Waals surface area contributed by atoms with Gasteiger partial charge in [-0.25, -0.2) is 8.78 Å². The van der Waals surface area contributed by atoms with Gasteiger partial charge in [0.25, 0.3) is 0 Å². The minimum atomic E-state index is -0.825. The normalized spacial score (nSPS) is 13.3. The molecule has 0 bridgehead atoms. The number of hydrogen-bond donors (Lipinski definition) is 1. The number of anilines is 1. The third-order valence-corrected chi connectivity index (χ3v) is 5.66. The monoisotopic (exact) mass is 450 g/mol. The molecule has 156 valence electrons. The smallest absolute Gasteiger partial charge is 0.235 e. The van der Waals surface area contributed by atoms with Gasteiger partial charge in [-0.05, 0) is 37.1 Å². The molecule has 0 radical (unpaired) electrons. The van der Waals surface area contributed by atoms with Gasteiger partial charge in [0, 0.05) is 6.04 Å². The summed E-state index contributed by atoms with van der Waals surface area (Å²) >= 11 is 7.26. The van der Waals surface area contributed by atoms with Crippen LogP contribution in [0.3, 0.4) is 0 Å². The Morgan fingerprint density at radius 2 is 1.90 bits per heavy atom. The second-order valence-corrected chi connectivity index (χ2v) is 8.00. The highest BCUT2D eigenvalue weighted by Gasteiger charge is 2.30. The summed E-state index contributed by atoms with van der Waals surface area (Å²) in [5.41, 5.74) is -0.458. The molecule has 2 aromatic carbocycles. The van der Waals surface area contributed by atoms with Crippen LogP contribution >= 0.6 is 23.4 Å². The minimum Gasteiger partial charge on any atom is -0.484 e. The van der Waals surface area contributed by atoms with E-state index in [2.05, 4.69) is 15.5 Å².